The summed E-state index contributed by atoms with van der Waals surface area (Å²) >= 11 is 0. The van der Waals surface area contributed by atoms with Crippen LogP contribution in [0.5, 0.6) is 0 Å². The van der Waals surface area contributed by atoms with E-state index in [1.165, 1.54) is 0 Å². The summed E-state index contributed by atoms with van der Waals surface area (Å²) in [6.07, 6.45) is -3.36. The lowest BCUT2D eigenvalue weighted by Gasteiger charge is -2.26. The lowest BCUT2D eigenvalue weighted by atomic mass is 10.1. The van der Waals surface area contributed by atoms with E-state index in [1.54, 1.807) is 0 Å². The maximum atomic E-state index is 12.0. The first kappa shape index (κ1) is 20.5. The number of aliphatic hydroxyl groups is 2. The lowest BCUT2D eigenvalue weighted by Crippen LogP contribution is -2.42. The molecule has 0 saturated carbocycles. The highest BCUT2D eigenvalue weighted by Gasteiger charge is 2.43. The van der Waals surface area contributed by atoms with Gasteiger partial charge < -0.3 is 25.0 Å². The van der Waals surface area contributed by atoms with Crippen LogP contribution in [0.1, 0.15) is 6.42 Å². The predicted molar refractivity (Wildman–Crippen MR) is 88.4 cm³/mol. The van der Waals surface area contributed by atoms with Crippen LogP contribution in [0, 0.1) is 0 Å². The van der Waals surface area contributed by atoms with Crippen molar-refractivity contribution in [3.63, 3.8) is 0 Å². The maximum absolute atomic E-state index is 12.0. The van der Waals surface area contributed by atoms with Crippen molar-refractivity contribution in [2.24, 2.45) is 0 Å². The Kier molecular flexibility index (Phi) is 7.55. The summed E-state index contributed by atoms with van der Waals surface area (Å²) in [5.74, 6) is -0.291. The number of morpholine rings is 1. The number of ether oxygens (including phenoxy) is 2. The molecule has 0 aromatic carbocycles. The van der Waals surface area contributed by atoms with Gasteiger partial charge in [-0.15, -0.1) is 0 Å². The van der Waals surface area contributed by atoms with Crippen LogP contribution in [0.3, 0.4) is 0 Å². The third-order valence-corrected chi connectivity index (χ3v) is 4.94. The summed E-state index contributed by atoms with van der Waals surface area (Å²) in [7, 11) is -3.43. The van der Waals surface area contributed by atoms with E-state index in [0.717, 1.165) is 19.3 Å². The average Bonchev–Trinajstić information content (AvgIpc) is 2.81. The van der Waals surface area contributed by atoms with Gasteiger partial charge in [0, 0.05) is 32.7 Å². The van der Waals surface area contributed by atoms with Gasteiger partial charge in [0.05, 0.1) is 32.0 Å². The number of carbonyl (C=O) groups is 1. The standard InChI is InChI=1S/C14H27N3O7S/c1-25(21,22)16-9-11-14(20)13(19)10(24-11)8-12(18)15-2-3-17-4-6-23-7-5-17/h10-11,13-14,16,19-20H,2-9H2,1H3,(H,15,18). The fraction of sp³-hybridized carbons (Fsp3) is 0.929. The Hall–Kier alpha value is -0.820. The van der Waals surface area contributed by atoms with Crippen molar-refractivity contribution < 1.29 is 32.9 Å². The molecule has 2 aliphatic heterocycles. The molecule has 146 valence electrons. The number of nitrogens with zero attached hydrogens (tertiary/aromatic N) is 1. The molecule has 2 heterocycles. The maximum Gasteiger partial charge on any atom is 0.222 e. The van der Waals surface area contributed by atoms with E-state index in [-0.39, 0.29) is 18.9 Å². The zero-order valence-corrected chi connectivity index (χ0v) is 15.1. The second kappa shape index (κ2) is 9.21. The molecule has 2 aliphatic rings. The van der Waals surface area contributed by atoms with E-state index < -0.39 is 34.4 Å². The minimum Gasteiger partial charge on any atom is -0.388 e. The molecule has 1 amide bonds. The molecule has 0 aromatic heterocycles. The molecule has 4 atom stereocenters. The van der Waals surface area contributed by atoms with Crippen molar-refractivity contribution in [1.82, 2.24) is 14.9 Å². The van der Waals surface area contributed by atoms with Crippen LogP contribution >= 0.6 is 0 Å². The molecular weight excluding hydrogens is 354 g/mol. The van der Waals surface area contributed by atoms with Crippen molar-refractivity contribution in [1.29, 1.82) is 0 Å². The minimum absolute atomic E-state index is 0.100. The normalized spacial score (nSPS) is 31.2. The van der Waals surface area contributed by atoms with Gasteiger partial charge in [0.25, 0.3) is 0 Å². The first-order valence-corrected chi connectivity index (χ1v) is 10.2. The van der Waals surface area contributed by atoms with E-state index in [9.17, 15) is 23.4 Å². The van der Waals surface area contributed by atoms with Crippen LogP contribution in [0.4, 0.5) is 0 Å². The highest BCUT2D eigenvalue weighted by Crippen LogP contribution is 2.23. The number of sulfonamides is 1. The monoisotopic (exact) mass is 381 g/mol. The molecule has 2 rings (SSSR count). The van der Waals surface area contributed by atoms with Gasteiger partial charge in [-0.25, -0.2) is 13.1 Å². The first-order chi connectivity index (χ1) is 11.8. The highest BCUT2D eigenvalue weighted by atomic mass is 32.2. The van der Waals surface area contributed by atoms with Crippen LogP contribution in [0.15, 0.2) is 0 Å². The van der Waals surface area contributed by atoms with Crippen LogP contribution in [0.25, 0.3) is 0 Å². The summed E-state index contributed by atoms with van der Waals surface area (Å²) < 4.78 is 35.1. The molecule has 4 N–H and O–H groups in total. The van der Waals surface area contributed by atoms with Gasteiger partial charge in [-0.1, -0.05) is 0 Å². The molecule has 11 heteroatoms. The molecule has 0 aromatic rings. The van der Waals surface area contributed by atoms with Gasteiger partial charge in [-0.05, 0) is 0 Å². The fourth-order valence-electron chi connectivity index (χ4n) is 2.83. The number of rotatable bonds is 8. The quantitative estimate of drug-likeness (QED) is 0.346. The smallest absolute Gasteiger partial charge is 0.222 e. The SMILES string of the molecule is CS(=O)(=O)NCC1OC(CC(=O)NCCN2CCOCC2)C(O)C1O. The van der Waals surface area contributed by atoms with Gasteiger partial charge in [0.1, 0.15) is 18.3 Å². The summed E-state index contributed by atoms with van der Waals surface area (Å²) in [4.78, 5) is 14.2. The second-order valence-corrected chi connectivity index (χ2v) is 8.16. The van der Waals surface area contributed by atoms with E-state index in [1.807, 2.05) is 0 Å². The third kappa shape index (κ3) is 6.77. The van der Waals surface area contributed by atoms with Crippen molar-refractivity contribution in [2.75, 3.05) is 52.2 Å². The number of hydrogen-bond acceptors (Lipinski definition) is 8. The Morgan fingerprint density at radius 2 is 1.84 bits per heavy atom. The second-order valence-electron chi connectivity index (χ2n) is 6.32. The molecule has 0 radical (unpaired) electrons. The number of aliphatic hydroxyl groups excluding tert-OH is 2. The van der Waals surface area contributed by atoms with Crippen molar-refractivity contribution in [3.05, 3.63) is 0 Å². The zero-order chi connectivity index (χ0) is 18.4. The summed E-state index contributed by atoms with van der Waals surface area (Å²) in [6.45, 7) is 4.08. The number of carbonyl (C=O) groups excluding carboxylic acids is 1. The van der Waals surface area contributed by atoms with E-state index in [4.69, 9.17) is 9.47 Å². The number of hydrogen-bond donors (Lipinski definition) is 4. The predicted octanol–water partition coefficient (Wildman–Crippen LogP) is -3.14. The zero-order valence-electron chi connectivity index (χ0n) is 14.3. The highest BCUT2D eigenvalue weighted by molar-refractivity contribution is 7.88. The fourth-order valence-corrected chi connectivity index (χ4v) is 3.30. The molecule has 4 unspecified atom stereocenters. The molecule has 2 saturated heterocycles. The third-order valence-electron chi connectivity index (χ3n) is 4.25. The Balaban J connectivity index is 1.70. The molecule has 25 heavy (non-hydrogen) atoms. The van der Waals surface area contributed by atoms with E-state index in [0.29, 0.717) is 26.3 Å². The Morgan fingerprint density at radius 1 is 1.20 bits per heavy atom. The Bertz CT molecular complexity index is 539. The van der Waals surface area contributed by atoms with Gasteiger partial charge in [-0.2, -0.15) is 0 Å². The summed E-state index contributed by atoms with van der Waals surface area (Å²) in [6, 6.07) is 0. The molecule has 0 bridgehead atoms. The minimum atomic E-state index is -3.43. The Morgan fingerprint density at radius 3 is 2.48 bits per heavy atom. The van der Waals surface area contributed by atoms with Crippen LogP contribution in [0.2, 0.25) is 0 Å². The van der Waals surface area contributed by atoms with Crippen LogP contribution in [-0.2, 0) is 24.3 Å². The van der Waals surface area contributed by atoms with Gasteiger partial charge in [0.15, 0.2) is 0 Å². The van der Waals surface area contributed by atoms with Gasteiger partial charge >= 0.3 is 0 Å². The lowest BCUT2D eigenvalue weighted by molar-refractivity contribution is -0.125. The topological polar surface area (TPSA) is 137 Å². The van der Waals surface area contributed by atoms with Crippen molar-refractivity contribution in [2.45, 2.75) is 30.8 Å². The van der Waals surface area contributed by atoms with Crippen LogP contribution < -0.4 is 10.0 Å². The number of nitrogens with one attached hydrogen (secondary N) is 2. The number of amides is 1. The first-order valence-electron chi connectivity index (χ1n) is 8.29. The summed E-state index contributed by atoms with van der Waals surface area (Å²) in [5.41, 5.74) is 0. The largest absolute Gasteiger partial charge is 0.388 e. The van der Waals surface area contributed by atoms with Crippen molar-refractivity contribution in [3.8, 4) is 0 Å². The average molecular weight is 381 g/mol. The molecule has 2 fully saturated rings. The molecule has 0 spiro atoms. The van der Waals surface area contributed by atoms with Crippen LogP contribution in [-0.4, -0.2) is 106 Å². The van der Waals surface area contributed by atoms with E-state index in [2.05, 4.69) is 14.9 Å². The summed E-state index contributed by atoms with van der Waals surface area (Å²) in [5, 5.41) is 22.7. The molecular formula is C14H27N3O7S. The van der Waals surface area contributed by atoms with Gasteiger partial charge in [0.2, 0.25) is 15.9 Å². The van der Waals surface area contributed by atoms with Gasteiger partial charge in [-0.3, -0.25) is 9.69 Å². The molecule has 10 nitrogen and oxygen atoms in total. The van der Waals surface area contributed by atoms with Crippen molar-refractivity contribution >= 4 is 15.9 Å². The molecule has 0 aliphatic carbocycles. The van der Waals surface area contributed by atoms with E-state index >= 15 is 0 Å². The Labute approximate surface area is 147 Å².